The van der Waals surface area contributed by atoms with Crippen LogP contribution in [0.3, 0.4) is 0 Å². The van der Waals surface area contributed by atoms with Gasteiger partial charge in [-0.3, -0.25) is 19.1 Å². The van der Waals surface area contributed by atoms with Crippen molar-refractivity contribution < 1.29 is 18.1 Å². The fourth-order valence-corrected chi connectivity index (χ4v) is 5.10. The zero-order valence-corrected chi connectivity index (χ0v) is 21.3. The van der Waals surface area contributed by atoms with Crippen LogP contribution in [0.2, 0.25) is 0 Å². The number of benzene rings is 2. The van der Waals surface area contributed by atoms with Crippen molar-refractivity contribution in [2.24, 2.45) is 4.99 Å². The number of halogens is 2. The molecule has 2 aromatic heterocycles. The van der Waals surface area contributed by atoms with Gasteiger partial charge in [0.2, 0.25) is 0 Å². The molecule has 1 aliphatic heterocycles. The predicted octanol–water partition coefficient (Wildman–Crippen LogP) is 3.60. The normalized spacial score (nSPS) is 14.0. The molecule has 8 nitrogen and oxygen atoms in total. The van der Waals surface area contributed by atoms with Crippen LogP contribution in [0.4, 0.5) is 8.78 Å². The summed E-state index contributed by atoms with van der Waals surface area (Å²) in [6, 6.07) is 10.9. The van der Waals surface area contributed by atoms with E-state index in [1.54, 1.807) is 25.1 Å². The molecule has 2 aromatic carbocycles. The second-order valence-corrected chi connectivity index (χ2v) is 10.5. The molecule has 4 aromatic rings. The third kappa shape index (κ3) is 4.75. The first kappa shape index (κ1) is 25.1. The van der Waals surface area contributed by atoms with Gasteiger partial charge in [-0.2, -0.15) is 9.97 Å². The molecule has 3 heterocycles. The van der Waals surface area contributed by atoms with Crippen molar-refractivity contribution in [1.82, 2.24) is 19.9 Å². The van der Waals surface area contributed by atoms with Crippen molar-refractivity contribution in [3.63, 3.8) is 0 Å². The van der Waals surface area contributed by atoms with E-state index < -0.39 is 34.1 Å². The minimum Gasteiger partial charge on any atom is -0.609 e. The van der Waals surface area contributed by atoms with Crippen LogP contribution in [0, 0.1) is 18.6 Å². The predicted molar refractivity (Wildman–Crippen MR) is 140 cm³/mol. The number of aromatic nitrogens is 3. The molecule has 1 atom stereocenters. The highest BCUT2D eigenvalue weighted by Crippen LogP contribution is 2.31. The summed E-state index contributed by atoms with van der Waals surface area (Å²) in [6.07, 6.45) is 1.36. The first-order valence-corrected chi connectivity index (χ1v) is 13.6. The largest absolute Gasteiger partial charge is 0.609 e. The summed E-state index contributed by atoms with van der Waals surface area (Å²) in [6.45, 7) is 2.44. The summed E-state index contributed by atoms with van der Waals surface area (Å²) in [5, 5.41) is 3.47. The van der Waals surface area contributed by atoms with Gasteiger partial charge in [0.15, 0.2) is 10.8 Å². The van der Waals surface area contributed by atoms with E-state index in [-0.39, 0.29) is 27.8 Å². The van der Waals surface area contributed by atoms with Crippen molar-refractivity contribution >= 4 is 45.0 Å². The molecular weight excluding hydrogens is 520 g/mol. The van der Waals surface area contributed by atoms with Crippen LogP contribution >= 0.6 is 11.8 Å². The number of hydrogen-bond donors (Lipinski definition) is 1. The molecular formula is C25H19F2N5O3S2. The quantitative estimate of drug-likeness (QED) is 0.313. The maximum absolute atomic E-state index is 14.7. The number of carbonyl (C=O) groups excluding carboxylic acids is 1. The number of fused-ring (bicyclic) bond motifs is 1. The molecule has 0 aliphatic carbocycles. The summed E-state index contributed by atoms with van der Waals surface area (Å²) >= 11 is -0.249. The zero-order valence-electron chi connectivity index (χ0n) is 19.6. The second-order valence-electron chi connectivity index (χ2n) is 8.14. The number of hydrogen-bond acceptors (Lipinski definition) is 7. The fourth-order valence-electron chi connectivity index (χ4n) is 3.95. The Morgan fingerprint density at radius 3 is 2.57 bits per heavy atom. The highest BCUT2D eigenvalue weighted by molar-refractivity contribution is 8.14. The van der Waals surface area contributed by atoms with Crippen LogP contribution in [0.15, 0.2) is 63.5 Å². The molecule has 0 spiro atoms. The molecule has 188 valence electrons. The Morgan fingerprint density at radius 2 is 1.89 bits per heavy atom. The van der Waals surface area contributed by atoms with E-state index in [0.29, 0.717) is 22.8 Å². The Balaban J connectivity index is 1.76. The number of carbonyl (C=O) groups is 1. The molecule has 1 unspecified atom stereocenters. The maximum Gasteiger partial charge on any atom is 0.345 e. The fraction of sp³-hybridized carbons (Fsp3) is 0.160. The van der Waals surface area contributed by atoms with E-state index in [2.05, 4.69) is 20.3 Å². The Morgan fingerprint density at radius 1 is 1.14 bits per heavy atom. The summed E-state index contributed by atoms with van der Waals surface area (Å²) in [7, 11) is 0. The van der Waals surface area contributed by atoms with E-state index in [1.807, 2.05) is 0 Å². The van der Waals surface area contributed by atoms with Gasteiger partial charge >= 0.3 is 5.16 Å². The zero-order chi connectivity index (χ0) is 26.3. The van der Waals surface area contributed by atoms with Crippen LogP contribution < -0.4 is 10.9 Å². The lowest BCUT2D eigenvalue weighted by molar-refractivity contribution is 0.0978. The lowest BCUT2D eigenvalue weighted by Gasteiger charge is -2.16. The number of pyridine rings is 1. The summed E-state index contributed by atoms with van der Waals surface area (Å²) < 4.78 is 42.8. The molecule has 1 aliphatic rings. The Labute approximate surface area is 217 Å². The third-order valence-electron chi connectivity index (χ3n) is 5.71. The van der Waals surface area contributed by atoms with Crippen molar-refractivity contribution in [3.05, 3.63) is 81.6 Å². The SMILES string of the molecule is Cc1ccc(C(=O)NC2=NCCS2)cc1-c1nc([S+](C)[O-])nc2c1ccc(=O)n2-c1c(F)cccc1F. The molecule has 0 radical (unpaired) electrons. The van der Waals surface area contributed by atoms with Gasteiger partial charge in [-0.25, -0.2) is 8.78 Å². The van der Waals surface area contributed by atoms with Gasteiger partial charge in [-0.1, -0.05) is 23.9 Å². The standard InChI is InChI=1S/C25H19F2N5O3S2/c1-13-6-7-14(23(34)31-24-28-10-11-36-24)12-16(13)20-15-8-9-19(33)32(21-17(26)4-3-5-18(21)27)22(15)30-25(29-20)37(2)35/h3-9,12H,10-11H2,1-2H3,(H,28,31,34). The van der Waals surface area contributed by atoms with Crippen LogP contribution in [0.25, 0.3) is 28.0 Å². The van der Waals surface area contributed by atoms with Gasteiger partial charge in [-0.15, -0.1) is 0 Å². The summed E-state index contributed by atoms with van der Waals surface area (Å²) in [5.74, 6) is -1.49. The van der Waals surface area contributed by atoms with Gasteiger partial charge in [-0.05, 0) is 42.8 Å². The monoisotopic (exact) mass is 539 g/mol. The smallest absolute Gasteiger partial charge is 0.345 e. The number of amidine groups is 1. The number of thioether (sulfide) groups is 1. The molecule has 5 rings (SSSR count). The van der Waals surface area contributed by atoms with E-state index in [4.69, 9.17) is 0 Å². The summed E-state index contributed by atoms with van der Waals surface area (Å²) in [4.78, 5) is 38.7. The molecule has 0 saturated carbocycles. The third-order valence-corrected chi connectivity index (χ3v) is 7.30. The number of aliphatic imine (C=N–C) groups is 1. The molecule has 12 heteroatoms. The van der Waals surface area contributed by atoms with E-state index in [1.165, 1.54) is 30.2 Å². The number of nitrogens with zero attached hydrogens (tertiary/aromatic N) is 4. The number of para-hydroxylation sites is 1. The topological polar surface area (TPSA) is 112 Å². The highest BCUT2D eigenvalue weighted by Gasteiger charge is 2.23. The minimum atomic E-state index is -1.70. The maximum atomic E-state index is 14.7. The van der Waals surface area contributed by atoms with E-state index in [0.717, 1.165) is 34.1 Å². The highest BCUT2D eigenvalue weighted by atomic mass is 32.2. The molecule has 0 bridgehead atoms. The van der Waals surface area contributed by atoms with Crippen LogP contribution in [0.5, 0.6) is 0 Å². The number of rotatable bonds is 4. The molecule has 0 saturated heterocycles. The minimum absolute atomic E-state index is 0.113. The second kappa shape index (κ2) is 10.0. The lowest BCUT2D eigenvalue weighted by Crippen LogP contribution is -2.27. The van der Waals surface area contributed by atoms with Crippen molar-refractivity contribution in [2.45, 2.75) is 12.1 Å². The van der Waals surface area contributed by atoms with Gasteiger partial charge in [0.25, 0.3) is 11.5 Å². The van der Waals surface area contributed by atoms with Crippen LogP contribution in [-0.4, -0.2) is 48.7 Å². The average Bonchev–Trinajstić information content (AvgIpc) is 3.37. The van der Waals surface area contributed by atoms with Crippen LogP contribution in [0.1, 0.15) is 15.9 Å². The molecule has 1 N–H and O–H groups in total. The number of nitrogens with one attached hydrogen (secondary N) is 1. The van der Waals surface area contributed by atoms with Crippen molar-refractivity contribution in [2.75, 3.05) is 18.6 Å². The Kier molecular flexibility index (Phi) is 6.80. The lowest BCUT2D eigenvalue weighted by atomic mass is 9.99. The van der Waals surface area contributed by atoms with Crippen LogP contribution in [-0.2, 0) is 11.2 Å². The van der Waals surface area contributed by atoms with Gasteiger partial charge in [0.1, 0.15) is 23.6 Å². The van der Waals surface area contributed by atoms with Gasteiger partial charge < -0.3 is 9.87 Å². The van der Waals surface area contributed by atoms with Crippen molar-refractivity contribution in [1.29, 1.82) is 0 Å². The Bertz CT molecular complexity index is 1640. The Hall–Kier alpha value is -3.61. The van der Waals surface area contributed by atoms with Crippen molar-refractivity contribution in [3.8, 4) is 16.9 Å². The number of amides is 1. The first-order chi connectivity index (χ1) is 17.7. The number of aryl methyl sites for hydroxylation is 1. The van der Waals surface area contributed by atoms with E-state index in [9.17, 15) is 22.9 Å². The first-order valence-electron chi connectivity index (χ1n) is 11.1. The molecule has 37 heavy (non-hydrogen) atoms. The van der Waals surface area contributed by atoms with E-state index >= 15 is 0 Å². The molecule has 0 fully saturated rings. The summed E-state index contributed by atoms with van der Waals surface area (Å²) in [5.41, 5.74) is 0.385. The van der Waals surface area contributed by atoms with Gasteiger partial charge in [0.05, 0.1) is 12.2 Å². The average molecular weight is 540 g/mol. The van der Waals surface area contributed by atoms with Gasteiger partial charge in [0, 0.05) is 39.5 Å². The molecule has 1 amide bonds.